The second-order valence-electron chi connectivity index (χ2n) is 12.6. The SMILES string of the molecule is CCOc1ccc(C2CCC(OCC3CCC(C4CCC(c5ccc(OCC)c(F)c5F)CC4)CC3)CC2)c(F)c1F. The second-order valence-corrected chi connectivity index (χ2v) is 12.6. The summed E-state index contributed by atoms with van der Waals surface area (Å²) in [5.41, 5.74) is 0.958. The Hall–Kier alpha value is -2.28. The zero-order chi connectivity index (χ0) is 29.6. The van der Waals surface area contributed by atoms with Gasteiger partial charge in [-0.2, -0.15) is 8.78 Å². The average Bonchev–Trinajstić information content (AvgIpc) is 3.02. The van der Waals surface area contributed by atoms with Gasteiger partial charge in [-0.05, 0) is 144 Å². The standard InChI is InChI=1S/C35H46F4O3/c1-3-40-30-19-17-28(32(36)34(30)38)25-11-9-24(10-12-25)23-7-5-22(6-8-23)21-42-27-15-13-26(14-16-27)29-18-20-31(41-4-2)35(39)33(29)37/h17-20,22-27H,3-16,21H2,1-2H3. The first kappa shape index (κ1) is 31.2. The molecular weight excluding hydrogens is 544 g/mol. The lowest BCUT2D eigenvalue weighted by Gasteiger charge is -2.38. The van der Waals surface area contributed by atoms with Crippen LogP contribution >= 0.6 is 0 Å². The fraction of sp³-hybridized carbons (Fsp3) is 0.657. The molecule has 2 aromatic rings. The molecule has 232 valence electrons. The first-order chi connectivity index (χ1) is 20.4. The van der Waals surface area contributed by atoms with Crippen LogP contribution in [0.5, 0.6) is 11.5 Å². The van der Waals surface area contributed by atoms with E-state index in [2.05, 4.69) is 0 Å². The van der Waals surface area contributed by atoms with Crippen molar-refractivity contribution in [3.05, 3.63) is 58.7 Å². The Morgan fingerprint density at radius 2 is 0.976 bits per heavy atom. The first-order valence-electron chi connectivity index (χ1n) is 16.2. The lowest BCUT2D eigenvalue weighted by molar-refractivity contribution is -0.00764. The molecule has 3 fully saturated rings. The van der Waals surface area contributed by atoms with Gasteiger partial charge in [0.25, 0.3) is 0 Å². The lowest BCUT2D eigenvalue weighted by Crippen LogP contribution is -2.29. The first-order valence-corrected chi connectivity index (χ1v) is 16.2. The topological polar surface area (TPSA) is 27.7 Å². The zero-order valence-electron chi connectivity index (χ0n) is 25.1. The quantitative estimate of drug-likeness (QED) is 0.258. The Morgan fingerprint density at radius 3 is 1.43 bits per heavy atom. The van der Waals surface area contributed by atoms with Gasteiger partial charge in [0.1, 0.15) is 0 Å². The van der Waals surface area contributed by atoms with Crippen LogP contribution in [0.15, 0.2) is 24.3 Å². The largest absolute Gasteiger partial charge is 0.491 e. The minimum Gasteiger partial charge on any atom is -0.491 e. The number of ether oxygens (including phenoxy) is 3. The van der Waals surface area contributed by atoms with Gasteiger partial charge in [-0.25, -0.2) is 8.78 Å². The van der Waals surface area contributed by atoms with Crippen LogP contribution < -0.4 is 9.47 Å². The molecule has 0 bridgehead atoms. The predicted octanol–water partition coefficient (Wildman–Crippen LogP) is 9.86. The van der Waals surface area contributed by atoms with Crippen molar-refractivity contribution in [1.82, 2.24) is 0 Å². The number of benzene rings is 2. The van der Waals surface area contributed by atoms with E-state index >= 15 is 0 Å². The summed E-state index contributed by atoms with van der Waals surface area (Å²) in [4.78, 5) is 0. The molecule has 0 atom stereocenters. The Bertz CT molecular complexity index is 1160. The number of hydrogen-bond donors (Lipinski definition) is 0. The van der Waals surface area contributed by atoms with E-state index in [1.807, 2.05) is 0 Å². The molecule has 0 unspecified atom stereocenters. The summed E-state index contributed by atoms with van der Waals surface area (Å²) in [5.74, 6) is -1.22. The van der Waals surface area contributed by atoms with Gasteiger partial charge in [0.15, 0.2) is 23.1 Å². The minimum atomic E-state index is -0.881. The molecule has 0 aromatic heterocycles. The van der Waals surface area contributed by atoms with E-state index < -0.39 is 23.3 Å². The Balaban J connectivity index is 1.01. The molecule has 3 nitrogen and oxygen atoms in total. The highest BCUT2D eigenvalue weighted by Crippen LogP contribution is 2.45. The summed E-state index contributed by atoms with van der Waals surface area (Å²) in [6.07, 6.45) is 12.3. The molecule has 0 N–H and O–H groups in total. The van der Waals surface area contributed by atoms with E-state index in [9.17, 15) is 17.6 Å². The lowest BCUT2D eigenvalue weighted by atomic mass is 9.68. The maximum absolute atomic E-state index is 14.7. The summed E-state index contributed by atoms with van der Waals surface area (Å²) in [6.45, 7) is 4.91. The smallest absolute Gasteiger partial charge is 0.200 e. The van der Waals surface area contributed by atoms with E-state index in [1.54, 1.807) is 38.1 Å². The molecule has 5 rings (SSSR count). The molecule has 0 saturated heterocycles. The Labute approximate surface area is 248 Å². The molecule has 7 heteroatoms. The molecule has 0 aliphatic heterocycles. The molecular formula is C35H46F4O3. The van der Waals surface area contributed by atoms with E-state index in [0.717, 1.165) is 58.0 Å². The van der Waals surface area contributed by atoms with Crippen molar-refractivity contribution < 1.29 is 31.8 Å². The summed E-state index contributed by atoms with van der Waals surface area (Å²) in [6, 6.07) is 6.51. The average molecular weight is 591 g/mol. The van der Waals surface area contributed by atoms with Crippen LogP contribution in [0, 0.1) is 41.0 Å². The summed E-state index contributed by atoms with van der Waals surface area (Å²) in [5, 5.41) is 0. The molecule has 3 aliphatic carbocycles. The fourth-order valence-electron chi connectivity index (χ4n) is 7.80. The number of hydrogen-bond acceptors (Lipinski definition) is 3. The third-order valence-corrected chi connectivity index (χ3v) is 10.2. The van der Waals surface area contributed by atoms with Gasteiger partial charge < -0.3 is 14.2 Å². The third-order valence-electron chi connectivity index (χ3n) is 10.2. The van der Waals surface area contributed by atoms with Gasteiger partial charge >= 0.3 is 0 Å². The third kappa shape index (κ3) is 7.09. The van der Waals surface area contributed by atoms with Crippen LogP contribution in [-0.4, -0.2) is 25.9 Å². The molecule has 2 aromatic carbocycles. The van der Waals surface area contributed by atoms with Crippen molar-refractivity contribution in [2.75, 3.05) is 19.8 Å². The minimum absolute atomic E-state index is 0.00291. The van der Waals surface area contributed by atoms with E-state index in [1.165, 1.54) is 25.7 Å². The Morgan fingerprint density at radius 1 is 0.548 bits per heavy atom. The summed E-state index contributed by atoms with van der Waals surface area (Å²) >= 11 is 0. The normalized spacial score (nSPS) is 28.4. The molecule has 0 spiro atoms. The maximum atomic E-state index is 14.7. The van der Waals surface area contributed by atoms with Gasteiger partial charge in [-0.1, -0.05) is 12.1 Å². The predicted molar refractivity (Wildman–Crippen MR) is 156 cm³/mol. The van der Waals surface area contributed by atoms with Crippen molar-refractivity contribution in [2.24, 2.45) is 17.8 Å². The van der Waals surface area contributed by atoms with Crippen molar-refractivity contribution in [3.63, 3.8) is 0 Å². The van der Waals surface area contributed by atoms with Crippen LogP contribution in [0.1, 0.15) is 114 Å². The Kier molecular flexibility index (Phi) is 10.7. The number of rotatable bonds is 10. The molecule has 3 aliphatic rings. The van der Waals surface area contributed by atoms with Gasteiger partial charge in [-0.15, -0.1) is 0 Å². The van der Waals surface area contributed by atoms with Crippen LogP contribution in [0.4, 0.5) is 17.6 Å². The van der Waals surface area contributed by atoms with Gasteiger partial charge in [0, 0.05) is 6.61 Å². The van der Waals surface area contributed by atoms with Crippen molar-refractivity contribution >= 4 is 0 Å². The monoisotopic (exact) mass is 590 g/mol. The van der Waals surface area contributed by atoms with Gasteiger partial charge in [0.2, 0.25) is 11.6 Å². The van der Waals surface area contributed by atoms with E-state index in [4.69, 9.17) is 14.2 Å². The maximum Gasteiger partial charge on any atom is 0.200 e. The van der Waals surface area contributed by atoms with Crippen LogP contribution in [-0.2, 0) is 4.74 Å². The van der Waals surface area contributed by atoms with Crippen molar-refractivity contribution in [1.29, 1.82) is 0 Å². The highest BCUT2D eigenvalue weighted by molar-refractivity contribution is 5.34. The molecule has 3 saturated carbocycles. The molecule has 0 amide bonds. The van der Waals surface area contributed by atoms with Gasteiger partial charge in [-0.3, -0.25) is 0 Å². The fourth-order valence-corrected chi connectivity index (χ4v) is 7.80. The van der Waals surface area contributed by atoms with Crippen LogP contribution in [0.2, 0.25) is 0 Å². The molecule has 0 heterocycles. The van der Waals surface area contributed by atoms with Crippen molar-refractivity contribution in [3.8, 4) is 11.5 Å². The highest BCUT2D eigenvalue weighted by Gasteiger charge is 2.33. The van der Waals surface area contributed by atoms with Crippen LogP contribution in [0.25, 0.3) is 0 Å². The second kappa shape index (κ2) is 14.5. The molecule has 42 heavy (non-hydrogen) atoms. The highest BCUT2D eigenvalue weighted by atomic mass is 19.2. The summed E-state index contributed by atoms with van der Waals surface area (Å²) < 4.78 is 74.9. The molecule has 0 radical (unpaired) electrons. The van der Waals surface area contributed by atoms with Crippen LogP contribution in [0.3, 0.4) is 0 Å². The van der Waals surface area contributed by atoms with E-state index in [-0.39, 0.29) is 29.4 Å². The number of halogens is 4. The van der Waals surface area contributed by atoms with Crippen molar-refractivity contribution in [2.45, 2.75) is 109 Å². The van der Waals surface area contributed by atoms with Gasteiger partial charge in [0.05, 0.1) is 19.3 Å². The van der Waals surface area contributed by atoms with E-state index in [0.29, 0.717) is 42.1 Å². The zero-order valence-corrected chi connectivity index (χ0v) is 25.1. The summed E-state index contributed by atoms with van der Waals surface area (Å²) in [7, 11) is 0.